The van der Waals surface area contributed by atoms with Gasteiger partial charge in [-0.15, -0.1) is 0 Å². The summed E-state index contributed by atoms with van der Waals surface area (Å²) in [4.78, 5) is 12.1. The SMILES string of the molecule is CCOc1ccc(S(=O)(=O)NCc2ccc(NC(=O)c3ccco3)cc2)cc1. The van der Waals surface area contributed by atoms with Gasteiger partial charge in [-0.05, 0) is 61.0 Å². The molecule has 0 fully saturated rings. The number of hydrogen-bond acceptors (Lipinski definition) is 5. The Bertz CT molecular complexity index is 1010. The van der Waals surface area contributed by atoms with Crippen molar-refractivity contribution in [1.29, 1.82) is 0 Å². The number of hydrogen-bond donors (Lipinski definition) is 2. The lowest BCUT2D eigenvalue weighted by molar-refractivity contribution is 0.0996. The summed E-state index contributed by atoms with van der Waals surface area (Å²) in [6, 6.07) is 16.3. The van der Waals surface area contributed by atoms with Crippen molar-refractivity contribution >= 4 is 21.6 Å². The van der Waals surface area contributed by atoms with Crippen LogP contribution in [0.5, 0.6) is 5.75 Å². The first kappa shape index (κ1) is 19.7. The van der Waals surface area contributed by atoms with Crippen molar-refractivity contribution in [2.24, 2.45) is 0 Å². The molecule has 146 valence electrons. The average molecular weight is 400 g/mol. The summed E-state index contributed by atoms with van der Waals surface area (Å²) in [5.41, 5.74) is 1.34. The van der Waals surface area contributed by atoms with Crippen LogP contribution >= 0.6 is 0 Å². The highest BCUT2D eigenvalue weighted by atomic mass is 32.2. The van der Waals surface area contributed by atoms with E-state index >= 15 is 0 Å². The fourth-order valence-corrected chi connectivity index (χ4v) is 3.47. The van der Waals surface area contributed by atoms with Gasteiger partial charge in [0.1, 0.15) is 5.75 Å². The van der Waals surface area contributed by atoms with E-state index in [0.717, 1.165) is 5.56 Å². The van der Waals surface area contributed by atoms with Gasteiger partial charge in [-0.1, -0.05) is 12.1 Å². The quantitative estimate of drug-likeness (QED) is 0.604. The molecule has 0 radical (unpaired) electrons. The smallest absolute Gasteiger partial charge is 0.291 e. The van der Waals surface area contributed by atoms with E-state index in [1.165, 1.54) is 18.4 Å². The number of nitrogens with one attached hydrogen (secondary N) is 2. The first-order chi connectivity index (χ1) is 13.5. The molecule has 2 aromatic carbocycles. The number of carbonyl (C=O) groups excluding carboxylic acids is 1. The second-order valence-electron chi connectivity index (χ2n) is 5.86. The van der Waals surface area contributed by atoms with Gasteiger partial charge in [0.2, 0.25) is 10.0 Å². The van der Waals surface area contributed by atoms with Gasteiger partial charge in [-0.25, -0.2) is 13.1 Å². The number of amides is 1. The standard InChI is InChI=1S/C20H20N2O5S/c1-2-26-17-9-11-18(12-10-17)28(24,25)21-14-15-5-7-16(8-6-15)22-20(23)19-4-3-13-27-19/h3-13,21H,2,14H2,1H3,(H,22,23). The third-order valence-electron chi connectivity index (χ3n) is 3.87. The highest BCUT2D eigenvalue weighted by Crippen LogP contribution is 2.17. The molecule has 3 rings (SSSR count). The van der Waals surface area contributed by atoms with Gasteiger partial charge < -0.3 is 14.5 Å². The summed E-state index contributed by atoms with van der Waals surface area (Å²) < 4.78 is 37.7. The van der Waals surface area contributed by atoms with Gasteiger partial charge in [-0.3, -0.25) is 4.79 Å². The molecule has 1 aromatic heterocycles. The Morgan fingerprint density at radius 2 is 1.75 bits per heavy atom. The summed E-state index contributed by atoms with van der Waals surface area (Å²) in [6.07, 6.45) is 1.43. The molecule has 0 aliphatic carbocycles. The zero-order valence-electron chi connectivity index (χ0n) is 15.2. The molecular weight excluding hydrogens is 380 g/mol. The van der Waals surface area contributed by atoms with Crippen LogP contribution in [-0.4, -0.2) is 20.9 Å². The Labute approximate surface area is 163 Å². The van der Waals surface area contributed by atoms with E-state index in [0.29, 0.717) is 18.0 Å². The van der Waals surface area contributed by atoms with E-state index in [-0.39, 0.29) is 23.1 Å². The van der Waals surface area contributed by atoms with Crippen molar-refractivity contribution < 1.29 is 22.4 Å². The van der Waals surface area contributed by atoms with Gasteiger partial charge in [0, 0.05) is 12.2 Å². The largest absolute Gasteiger partial charge is 0.494 e. The van der Waals surface area contributed by atoms with Gasteiger partial charge in [0.05, 0.1) is 17.8 Å². The second kappa shape index (κ2) is 8.73. The van der Waals surface area contributed by atoms with E-state index < -0.39 is 10.0 Å². The Morgan fingerprint density at radius 1 is 1.04 bits per heavy atom. The molecule has 1 heterocycles. The zero-order chi connectivity index (χ0) is 20.0. The lowest BCUT2D eigenvalue weighted by Crippen LogP contribution is -2.23. The molecule has 2 N–H and O–H groups in total. The first-order valence-corrected chi connectivity index (χ1v) is 10.1. The molecule has 0 saturated heterocycles. The zero-order valence-corrected chi connectivity index (χ0v) is 16.0. The van der Waals surface area contributed by atoms with Gasteiger partial charge in [0.25, 0.3) is 5.91 Å². The van der Waals surface area contributed by atoms with Gasteiger partial charge in [0.15, 0.2) is 5.76 Å². The normalized spacial score (nSPS) is 11.2. The van der Waals surface area contributed by atoms with E-state index in [2.05, 4.69) is 10.0 Å². The molecule has 8 heteroatoms. The van der Waals surface area contributed by atoms with E-state index in [1.54, 1.807) is 48.5 Å². The topological polar surface area (TPSA) is 97.6 Å². The van der Waals surface area contributed by atoms with Crippen molar-refractivity contribution in [1.82, 2.24) is 4.72 Å². The molecule has 1 amide bonds. The number of sulfonamides is 1. The third kappa shape index (κ3) is 4.99. The van der Waals surface area contributed by atoms with Crippen LogP contribution in [0.3, 0.4) is 0 Å². The molecule has 0 saturated carbocycles. The summed E-state index contributed by atoms with van der Waals surface area (Å²) >= 11 is 0. The lowest BCUT2D eigenvalue weighted by Gasteiger charge is -2.09. The molecule has 0 atom stereocenters. The van der Waals surface area contributed by atoms with E-state index in [4.69, 9.17) is 9.15 Å². The summed E-state index contributed by atoms with van der Waals surface area (Å²) in [5.74, 6) is 0.481. The Balaban J connectivity index is 1.58. The monoisotopic (exact) mass is 400 g/mol. The Kier molecular flexibility index (Phi) is 6.13. The van der Waals surface area contributed by atoms with E-state index in [9.17, 15) is 13.2 Å². The van der Waals surface area contributed by atoms with Crippen LogP contribution in [0.2, 0.25) is 0 Å². The van der Waals surface area contributed by atoms with Gasteiger partial charge in [-0.2, -0.15) is 0 Å². The maximum Gasteiger partial charge on any atom is 0.291 e. The van der Waals surface area contributed by atoms with Crippen LogP contribution in [0, 0.1) is 0 Å². The van der Waals surface area contributed by atoms with Crippen LogP contribution in [-0.2, 0) is 16.6 Å². The molecule has 28 heavy (non-hydrogen) atoms. The van der Waals surface area contributed by atoms with Crippen molar-refractivity contribution in [3.05, 3.63) is 78.3 Å². The maximum atomic E-state index is 12.4. The Hall–Kier alpha value is -3.10. The second-order valence-corrected chi connectivity index (χ2v) is 7.62. The summed E-state index contributed by atoms with van der Waals surface area (Å²) in [7, 11) is -3.64. The van der Waals surface area contributed by atoms with Crippen molar-refractivity contribution in [3.63, 3.8) is 0 Å². The molecule has 0 unspecified atom stereocenters. The van der Waals surface area contributed by atoms with Crippen LogP contribution in [0.25, 0.3) is 0 Å². The highest BCUT2D eigenvalue weighted by Gasteiger charge is 2.14. The molecule has 0 bridgehead atoms. The number of carbonyl (C=O) groups is 1. The first-order valence-electron chi connectivity index (χ1n) is 8.64. The predicted molar refractivity (Wildman–Crippen MR) is 105 cm³/mol. The highest BCUT2D eigenvalue weighted by molar-refractivity contribution is 7.89. The molecule has 7 nitrogen and oxygen atoms in total. The predicted octanol–water partition coefficient (Wildman–Crippen LogP) is 3.41. The number of anilines is 1. The minimum absolute atomic E-state index is 0.127. The van der Waals surface area contributed by atoms with Crippen LogP contribution in [0.4, 0.5) is 5.69 Å². The minimum atomic E-state index is -3.64. The third-order valence-corrected chi connectivity index (χ3v) is 5.29. The van der Waals surface area contributed by atoms with Crippen LogP contribution < -0.4 is 14.8 Å². The summed E-state index contributed by atoms with van der Waals surface area (Å²) in [5, 5.41) is 2.70. The average Bonchev–Trinajstić information content (AvgIpc) is 3.23. The maximum absolute atomic E-state index is 12.4. The molecular formula is C20H20N2O5S. The Morgan fingerprint density at radius 3 is 2.36 bits per heavy atom. The summed E-state index contributed by atoms with van der Waals surface area (Å²) in [6.45, 7) is 2.50. The van der Waals surface area contributed by atoms with Crippen molar-refractivity contribution in [3.8, 4) is 5.75 Å². The minimum Gasteiger partial charge on any atom is -0.494 e. The fourth-order valence-electron chi connectivity index (χ4n) is 2.45. The van der Waals surface area contributed by atoms with E-state index in [1.807, 2.05) is 6.92 Å². The van der Waals surface area contributed by atoms with Gasteiger partial charge >= 0.3 is 0 Å². The van der Waals surface area contributed by atoms with Crippen LogP contribution in [0.1, 0.15) is 23.0 Å². The van der Waals surface area contributed by atoms with Crippen LogP contribution in [0.15, 0.2) is 76.2 Å². The van der Waals surface area contributed by atoms with Crippen molar-refractivity contribution in [2.75, 3.05) is 11.9 Å². The molecule has 3 aromatic rings. The number of rotatable bonds is 8. The molecule has 0 aliphatic rings. The number of ether oxygens (including phenoxy) is 1. The number of benzene rings is 2. The fraction of sp³-hybridized carbons (Fsp3) is 0.150. The molecule has 0 spiro atoms. The van der Waals surface area contributed by atoms with Crippen molar-refractivity contribution in [2.45, 2.75) is 18.4 Å². The number of furan rings is 1. The lowest BCUT2D eigenvalue weighted by atomic mass is 10.2. The molecule has 0 aliphatic heterocycles.